The van der Waals surface area contributed by atoms with Crippen molar-refractivity contribution < 1.29 is 28.9 Å². The third-order valence-electron chi connectivity index (χ3n) is 2.37. The fourth-order valence-corrected chi connectivity index (χ4v) is 1.33. The average molecular weight is 292 g/mol. The van der Waals surface area contributed by atoms with E-state index in [1.54, 1.807) is 7.11 Å². The molecule has 20 heavy (non-hydrogen) atoms. The number of hydrogen-bond acceptors (Lipinski definition) is 5. The highest BCUT2D eigenvalue weighted by Crippen LogP contribution is 1.90. The first-order chi connectivity index (χ1) is 9.61. The molecule has 2 amide bonds. The summed E-state index contributed by atoms with van der Waals surface area (Å²) in [5.41, 5.74) is 0. The van der Waals surface area contributed by atoms with Gasteiger partial charge in [0.05, 0.1) is 19.8 Å². The van der Waals surface area contributed by atoms with E-state index in [9.17, 15) is 9.59 Å². The molecule has 0 aliphatic heterocycles. The molecule has 0 rings (SSSR count). The minimum absolute atomic E-state index is 0.0733. The normalized spacial score (nSPS) is 11.9. The zero-order valence-electron chi connectivity index (χ0n) is 12.0. The number of carbonyl (C=O) groups is 2. The Morgan fingerprint density at radius 2 is 1.85 bits per heavy atom. The number of ether oxygens (including phenoxy) is 3. The van der Waals surface area contributed by atoms with Gasteiger partial charge in [0.15, 0.2) is 6.04 Å². The molecule has 0 fully saturated rings. The molecule has 0 aromatic carbocycles. The molecule has 0 heterocycles. The van der Waals surface area contributed by atoms with Gasteiger partial charge >= 0.3 is 12.0 Å². The van der Waals surface area contributed by atoms with Crippen LogP contribution in [0.1, 0.15) is 12.8 Å². The van der Waals surface area contributed by atoms with E-state index < -0.39 is 18.0 Å². The maximum absolute atomic E-state index is 11.4. The van der Waals surface area contributed by atoms with Crippen molar-refractivity contribution in [3.05, 3.63) is 0 Å². The fraction of sp³-hybridized carbons (Fsp3) is 0.833. The molecule has 0 saturated carbocycles. The Labute approximate surface area is 118 Å². The third-order valence-corrected chi connectivity index (χ3v) is 2.37. The van der Waals surface area contributed by atoms with Crippen molar-refractivity contribution >= 4 is 12.0 Å². The molecule has 0 aliphatic carbocycles. The van der Waals surface area contributed by atoms with Crippen molar-refractivity contribution in [1.82, 2.24) is 10.6 Å². The van der Waals surface area contributed by atoms with Crippen LogP contribution in [0.4, 0.5) is 4.79 Å². The van der Waals surface area contributed by atoms with Crippen LogP contribution < -0.4 is 10.6 Å². The molecule has 3 N–H and O–H groups in total. The Balaban J connectivity index is 3.55. The van der Waals surface area contributed by atoms with Crippen LogP contribution in [0.2, 0.25) is 0 Å². The van der Waals surface area contributed by atoms with Gasteiger partial charge in [-0.3, -0.25) is 0 Å². The van der Waals surface area contributed by atoms with Crippen LogP contribution in [0.5, 0.6) is 0 Å². The summed E-state index contributed by atoms with van der Waals surface area (Å²) in [5.74, 6) is -1.13. The van der Waals surface area contributed by atoms with E-state index in [0.29, 0.717) is 26.4 Å². The predicted molar refractivity (Wildman–Crippen MR) is 71.8 cm³/mol. The number of amides is 2. The van der Waals surface area contributed by atoms with Gasteiger partial charge in [-0.1, -0.05) is 0 Å². The Bertz CT molecular complexity index is 275. The minimum atomic E-state index is -1.13. The molecule has 8 heteroatoms. The summed E-state index contributed by atoms with van der Waals surface area (Å²) in [4.78, 5) is 22.2. The molecule has 0 aromatic heterocycles. The summed E-state index contributed by atoms with van der Waals surface area (Å²) in [6.45, 7) is 2.11. The number of carboxylic acid groups (broad SMARTS) is 1. The fourth-order valence-electron chi connectivity index (χ4n) is 1.33. The maximum Gasteiger partial charge on any atom is 0.328 e. The van der Waals surface area contributed by atoms with E-state index in [1.165, 1.54) is 7.11 Å². The Hall–Kier alpha value is -1.38. The number of urea groups is 1. The van der Waals surface area contributed by atoms with Crippen molar-refractivity contribution in [2.45, 2.75) is 18.9 Å². The topological polar surface area (TPSA) is 106 Å². The van der Waals surface area contributed by atoms with E-state index in [4.69, 9.17) is 19.3 Å². The van der Waals surface area contributed by atoms with E-state index in [1.807, 2.05) is 0 Å². The SMILES string of the molecule is COCCOCCCCNC(=O)NC(COC)C(=O)O. The molecule has 0 aliphatic rings. The lowest BCUT2D eigenvalue weighted by atomic mass is 10.3. The number of nitrogens with one attached hydrogen (secondary N) is 2. The zero-order chi connectivity index (χ0) is 15.2. The Morgan fingerprint density at radius 3 is 2.45 bits per heavy atom. The van der Waals surface area contributed by atoms with Crippen LogP contribution in [-0.2, 0) is 19.0 Å². The summed E-state index contributed by atoms with van der Waals surface area (Å²) < 4.78 is 14.8. The van der Waals surface area contributed by atoms with Gasteiger partial charge in [-0.25, -0.2) is 9.59 Å². The van der Waals surface area contributed by atoms with Crippen molar-refractivity contribution in [1.29, 1.82) is 0 Å². The first-order valence-electron chi connectivity index (χ1n) is 6.44. The molecule has 0 spiro atoms. The van der Waals surface area contributed by atoms with Crippen molar-refractivity contribution in [3.63, 3.8) is 0 Å². The Kier molecular flexibility index (Phi) is 11.8. The molecule has 1 atom stereocenters. The zero-order valence-corrected chi connectivity index (χ0v) is 12.0. The lowest BCUT2D eigenvalue weighted by molar-refractivity contribution is -0.140. The number of carboxylic acids is 1. The number of hydrogen-bond donors (Lipinski definition) is 3. The second kappa shape index (κ2) is 12.6. The van der Waals surface area contributed by atoms with E-state index in [-0.39, 0.29) is 6.61 Å². The second-order valence-electron chi connectivity index (χ2n) is 4.06. The molecule has 1 unspecified atom stereocenters. The van der Waals surface area contributed by atoms with Crippen LogP contribution in [0.15, 0.2) is 0 Å². The summed E-state index contributed by atoms with van der Waals surface area (Å²) in [6.07, 6.45) is 1.56. The number of aliphatic carboxylic acids is 1. The largest absolute Gasteiger partial charge is 0.480 e. The number of rotatable bonds is 12. The van der Waals surface area contributed by atoms with Gasteiger partial charge in [0, 0.05) is 27.4 Å². The van der Waals surface area contributed by atoms with E-state index in [0.717, 1.165) is 12.8 Å². The van der Waals surface area contributed by atoms with Gasteiger partial charge in [-0.05, 0) is 12.8 Å². The second-order valence-corrected chi connectivity index (χ2v) is 4.06. The van der Waals surface area contributed by atoms with Crippen molar-refractivity contribution in [2.75, 3.05) is 47.2 Å². The highest BCUT2D eigenvalue weighted by atomic mass is 16.5. The van der Waals surface area contributed by atoms with E-state index in [2.05, 4.69) is 10.6 Å². The predicted octanol–water partition coefficient (Wildman–Crippen LogP) is -0.172. The highest BCUT2D eigenvalue weighted by Gasteiger charge is 2.19. The minimum Gasteiger partial charge on any atom is -0.480 e. The van der Waals surface area contributed by atoms with Crippen LogP contribution >= 0.6 is 0 Å². The molecule has 118 valence electrons. The molecule has 8 nitrogen and oxygen atoms in total. The number of carbonyl (C=O) groups excluding carboxylic acids is 1. The highest BCUT2D eigenvalue weighted by molar-refractivity contribution is 5.82. The average Bonchev–Trinajstić information content (AvgIpc) is 2.41. The van der Waals surface area contributed by atoms with Crippen LogP contribution in [-0.4, -0.2) is 70.3 Å². The summed E-state index contributed by atoms with van der Waals surface area (Å²) in [5, 5.41) is 13.7. The molecular weight excluding hydrogens is 268 g/mol. The number of methoxy groups -OCH3 is 2. The van der Waals surface area contributed by atoms with Crippen molar-refractivity contribution in [2.24, 2.45) is 0 Å². The van der Waals surface area contributed by atoms with E-state index >= 15 is 0 Å². The van der Waals surface area contributed by atoms with Crippen molar-refractivity contribution in [3.8, 4) is 0 Å². The molecule has 0 bridgehead atoms. The van der Waals surface area contributed by atoms with Crippen LogP contribution in [0.25, 0.3) is 0 Å². The van der Waals surface area contributed by atoms with Gasteiger partial charge in [0.25, 0.3) is 0 Å². The van der Waals surface area contributed by atoms with Gasteiger partial charge in [0.2, 0.25) is 0 Å². The molecule has 0 aromatic rings. The van der Waals surface area contributed by atoms with Crippen LogP contribution in [0.3, 0.4) is 0 Å². The lowest BCUT2D eigenvalue weighted by Crippen LogP contribution is -2.48. The van der Waals surface area contributed by atoms with Gasteiger partial charge in [-0.15, -0.1) is 0 Å². The van der Waals surface area contributed by atoms with Gasteiger partial charge in [-0.2, -0.15) is 0 Å². The lowest BCUT2D eigenvalue weighted by Gasteiger charge is -2.14. The molecule has 0 radical (unpaired) electrons. The quantitative estimate of drug-likeness (QED) is 0.431. The molecule has 0 saturated heterocycles. The number of unbranched alkanes of at least 4 members (excludes halogenated alkanes) is 1. The van der Waals surface area contributed by atoms with Crippen LogP contribution in [0, 0.1) is 0 Å². The smallest absolute Gasteiger partial charge is 0.328 e. The standard InChI is InChI=1S/C12H24N2O6/c1-18-7-8-20-6-4-3-5-13-12(17)14-10(9-19-2)11(15)16/h10H,3-9H2,1-2H3,(H,15,16)(H2,13,14,17). The summed E-state index contributed by atoms with van der Waals surface area (Å²) in [6, 6.07) is -1.56. The van der Waals surface area contributed by atoms with Gasteiger partial charge < -0.3 is 30.0 Å². The first-order valence-corrected chi connectivity index (χ1v) is 6.44. The maximum atomic E-state index is 11.4. The summed E-state index contributed by atoms with van der Waals surface area (Å²) >= 11 is 0. The Morgan fingerprint density at radius 1 is 1.10 bits per heavy atom. The molecular formula is C12H24N2O6. The monoisotopic (exact) mass is 292 g/mol. The van der Waals surface area contributed by atoms with Gasteiger partial charge in [0.1, 0.15) is 0 Å². The third kappa shape index (κ3) is 10.5. The first kappa shape index (κ1) is 18.6. The summed E-state index contributed by atoms with van der Waals surface area (Å²) in [7, 11) is 2.99.